The van der Waals surface area contributed by atoms with Crippen molar-refractivity contribution in [1.29, 1.82) is 0 Å². The molecule has 0 aliphatic carbocycles. The Morgan fingerprint density at radius 2 is 1.77 bits per heavy atom. The molecular formula is C15H21F3N2O2. The maximum Gasteiger partial charge on any atom is 0.416 e. The monoisotopic (exact) mass is 318 g/mol. The number of hydrogen-bond acceptors (Lipinski definition) is 2. The van der Waals surface area contributed by atoms with Gasteiger partial charge in [0, 0.05) is 13.1 Å². The zero-order chi connectivity index (χ0) is 16.8. The third-order valence-electron chi connectivity index (χ3n) is 2.98. The molecule has 1 unspecified atom stereocenters. The van der Waals surface area contributed by atoms with E-state index in [1.165, 1.54) is 12.1 Å². The fourth-order valence-electron chi connectivity index (χ4n) is 1.89. The Morgan fingerprint density at radius 1 is 1.18 bits per heavy atom. The van der Waals surface area contributed by atoms with Gasteiger partial charge in [-0.05, 0) is 30.0 Å². The predicted molar refractivity (Wildman–Crippen MR) is 77.1 cm³/mol. The van der Waals surface area contributed by atoms with E-state index in [0.717, 1.165) is 12.1 Å². The first-order chi connectivity index (χ1) is 10.2. The van der Waals surface area contributed by atoms with E-state index in [1.807, 2.05) is 13.8 Å². The number of aliphatic hydroxyl groups is 1. The number of carbonyl (C=O) groups excluding carboxylic acids is 1. The van der Waals surface area contributed by atoms with Gasteiger partial charge in [0.1, 0.15) is 0 Å². The number of aliphatic hydroxyl groups excluding tert-OH is 1. The molecule has 22 heavy (non-hydrogen) atoms. The van der Waals surface area contributed by atoms with Crippen LogP contribution in [-0.2, 0) is 12.7 Å². The average Bonchev–Trinajstić information content (AvgIpc) is 2.41. The minimum Gasteiger partial charge on any atom is -0.391 e. The number of alkyl halides is 3. The van der Waals surface area contributed by atoms with Crippen LogP contribution in [0.25, 0.3) is 0 Å². The van der Waals surface area contributed by atoms with Crippen molar-refractivity contribution in [1.82, 2.24) is 10.6 Å². The third-order valence-corrected chi connectivity index (χ3v) is 2.98. The van der Waals surface area contributed by atoms with Gasteiger partial charge in [0.25, 0.3) is 0 Å². The molecule has 0 radical (unpaired) electrons. The third kappa shape index (κ3) is 6.80. The van der Waals surface area contributed by atoms with E-state index in [0.29, 0.717) is 17.9 Å². The molecule has 0 saturated heterocycles. The molecule has 1 atom stereocenters. The van der Waals surface area contributed by atoms with Crippen LogP contribution in [0.2, 0.25) is 0 Å². The van der Waals surface area contributed by atoms with Gasteiger partial charge in [0.15, 0.2) is 0 Å². The SMILES string of the molecule is CC(C)CC(O)CNC(=O)NCc1ccc(C(F)(F)F)cc1. The van der Waals surface area contributed by atoms with Gasteiger partial charge in [-0.1, -0.05) is 26.0 Å². The summed E-state index contributed by atoms with van der Waals surface area (Å²) < 4.78 is 37.2. The lowest BCUT2D eigenvalue weighted by molar-refractivity contribution is -0.137. The van der Waals surface area contributed by atoms with Crippen LogP contribution in [0.4, 0.5) is 18.0 Å². The van der Waals surface area contributed by atoms with Crippen molar-refractivity contribution in [2.24, 2.45) is 5.92 Å². The smallest absolute Gasteiger partial charge is 0.391 e. The van der Waals surface area contributed by atoms with Crippen molar-refractivity contribution in [3.8, 4) is 0 Å². The van der Waals surface area contributed by atoms with Gasteiger partial charge in [-0.2, -0.15) is 13.2 Å². The van der Waals surface area contributed by atoms with E-state index in [4.69, 9.17) is 0 Å². The van der Waals surface area contributed by atoms with Gasteiger partial charge in [-0.15, -0.1) is 0 Å². The number of rotatable bonds is 6. The lowest BCUT2D eigenvalue weighted by Gasteiger charge is -2.14. The molecule has 0 spiro atoms. The fraction of sp³-hybridized carbons (Fsp3) is 0.533. The number of urea groups is 1. The fourth-order valence-corrected chi connectivity index (χ4v) is 1.89. The first-order valence-electron chi connectivity index (χ1n) is 7.04. The van der Waals surface area contributed by atoms with Crippen molar-refractivity contribution < 1.29 is 23.1 Å². The summed E-state index contributed by atoms with van der Waals surface area (Å²) in [7, 11) is 0. The molecule has 4 nitrogen and oxygen atoms in total. The van der Waals surface area contributed by atoms with E-state index in [-0.39, 0.29) is 13.1 Å². The molecule has 7 heteroatoms. The number of carbonyl (C=O) groups is 1. The van der Waals surface area contributed by atoms with Crippen molar-refractivity contribution in [2.75, 3.05) is 6.54 Å². The highest BCUT2D eigenvalue weighted by atomic mass is 19.4. The summed E-state index contributed by atoms with van der Waals surface area (Å²) >= 11 is 0. The van der Waals surface area contributed by atoms with E-state index in [9.17, 15) is 23.1 Å². The second-order valence-corrected chi connectivity index (χ2v) is 5.54. The van der Waals surface area contributed by atoms with Crippen LogP contribution >= 0.6 is 0 Å². The summed E-state index contributed by atoms with van der Waals surface area (Å²) in [5, 5.41) is 14.6. The Bertz CT molecular complexity index is 473. The minimum absolute atomic E-state index is 0.115. The Labute approximate surface area is 127 Å². The average molecular weight is 318 g/mol. The molecular weight excluding hydrogens is 297 g/mol. The zero-order valence-electron chi connectivity index (χ0n) is 12.6. The normalized spacial score (nSPS) is 13.0. The van der Waals surface area contributed by atoms with Gasteiger partial charge in [-0.25, -0.2) is 4.79 Å². The predicted octanol–water partition coefficient (Wildman–Crippen LogP) is 2.91. The topological polar surface area (TPSA) is 61.4 Å². The van der Waals surface area contributed by atoms with Gasteiger partial charge in [0.05, 0.1) is 11.7 Å². The van der Waals surface area contributed by atoms with Crippen LogP contribution in [0.15, 0.2) is 24.3 Å². The van der Waals surface area contributed by atoms with Crippen LogP contribution in [0.5, 0.6) is 0 Å². The first kappa shape index (κ1) is 18.3. The van der Waals surface area contributed by atoms with Crippen LogP contribution in [-0.4, -0.2) is 23.8 Å². The minimum atomic E-state index is -4.37. The Kier molecular flexibility index (Phi) is 6.67. The second-order valence-electron chi connectivity index (χ2n) is 5.54. The number of nitrogens with one attached hydrogen (secondary N) is 2. The summed E-state index contributed by atoms with van der Waals surface area (Å²) in [6, 6.07) is 4.11. The lowest BCUT2D eigenvalue weighted by atomic mass is 10.1. The highest BCUT2D eigenvalue weighted by Gasteiger charge is 2.29. The van der Waals surface area contributed by atoms with E-state index >= 15 is 0 Å². The van der Waals surface area contributed by atoms with Gasteiger partial charge in [-0.3, -0.25) is 0 Å². The van der Waals surface area contributed by atoms with Crippen molar-refractivity contribution >= 4 is 6.03 Å². The maximum absolute atomic E-state index is 12.4. The summed E-state index contributed by atoms with van der Waals surface area (Å²) in [5.74, 6) is 0.326. The maximum atomic E-state index is 12.4. The van der Waals surface area contributed by atoms with Crippen LogP contribution < -0.4 is 10.6 Å². The quantitative estimate of drug-likeness (QED) is 0.755. The van der Waals surface area contributed by atoms with Crippen LogP contribution in [0.3, 0.4) is 0 Å². The van der Waals surface area contributed by atoms with Crippen molar-refractivity contribution in [3.63, 3.8) is 0 Å². The molecule has 0 aliphatic heterocycles. The van der Waals surface area contributed by atoms with E-state index in [2.05, 4.69) is 10.6 Å². The number of halogens is 3. The Balaban J connectivity index is 2.35. The molecule has 0 aromatic heterocycles. The Morgan fingerprint density at radius 3 is 2.27 bits per heavy atom. The zero-order valence-corrected chi connectivity index (χ0v) is 12.6. The summed E-state index contributed by atoms with van der Waals surface area (Å²) in [5.41, 5.74) is -0.164. The molecule has 124 valence electrons. The second kappa shape index (κ2) is 8.03. The molecule has 1 rings (SSSR count). The van der Waals surface area contributed by atoms with Crippen molar-refractivity contribution in [2.45, 2.75) is 39.1 Å². The molecule has 2 amide bonds. The van der Waals surface area contributed by atoms with Crippen LogP contribution in [0.1, 0.15) is 31.4 Å². The van der Waals surface area contributed by atoms with Gasteiger partial charge >= 0.3 is 12.2 Å². The molecule has 0 aliphatic rings. The summed E-state index contributed by atoms with van der Waals surface area (Å²) in [6.45, 7) is 4.18. The molecule has 0 heterocycles. The highest BCUT2D eigenvalue weighted by Crippen LogP contribution is 2.28. The molecule has 1 aromatic carbocycles. The molecule has 1 aromatic rings. The summed E-state index contributed by atoms with van der Waals surface area (Å²) in [6.07, 6.45) is -4.40. The number of benzene rings is 1. The molecule has 0 bridgehead atoms. The van der Waals surface area contributed by atoms with E-state index < -0.39 is 23.9 Å². The van der Waals surface area contributed by atoms with Gasteiger partial charge < -0.3 is 15.7 Å². The lowest BCUT2D eigenvalue weighted by Crippen LogP contribution is -2.39. The van der Waals surface area contributed by atoms with Crippen molar-refractivity contribution in [3.05, 3.63) is 35.4 Å². The Hall–Kier alpha value is -1.76. The number of hydrogen-bond donors (Lipinski definition) is 3. The summed E-state index contributed by atoms with van der Waals surface area (Å²) in [4.78, 5) is 11.5. The molecule has 0 saturated carbocycles. The highest BCUT2D eigenvalue weighted by molar-refractivity contribution is 5.73. The molecule has 3 N–H and O–H groups in total. The first-order valence-corrected chi connectivity index (χ1v) is 7.04. The van der Waals surface area contributed by atoms with E-state index in [1.54, 1.807) is 0 Å². The van der Waals surface area contributed by atoms with Gasteiger partial charge in [0.2, 0.25) is 0 Å². The molecule has 0 fully saturated rings. The largest absolute Gasteiger partial charge is 0.416 e. The van der Waals surface area contributed by atoms with Crippen LogP contribution in [0, 0.1) is 5.92 Å². The standard InChI is InChI=1S/C15H21F3N2O2/c1-10(2)7-13(21)9-20-14(22)19-8-11-3-5-12(6-4-11)15(16,17)18/h3-6,10,13,21H,7-9H2,1-2H3,(H2,19,20,22). The number of amides is 2.